The fourth-order valence-electron chi connectivity index (χ4n) is 3.06. The summed E-state index contributed by atoms with van der Waals surface area (Å²) in [6.45, 7) is 3.81. The van der Waals surface area contributed by atoms with E-state index in [-0.39, 0.29) is 5.91 Å². The third kappa shape index (κ3) is 2.54. The number of benzene rings is 1. The summed E-state index contributed by atoms with van der Waals surface area (Å²) in [6, 6.07) is 5.51. The van der Waals surface area contributed by atoms with Crippen LogP contribution in [0.1, 0.15) is 16.8 Å². The number of piperidine rings is 1. The number of hydrogen-bond donors (Lipinski definition) is 1. The van der Waals surface area contributed by atoms with Crippen LogP contribution in [0.5, 0.6) is 0 Å². The highest BCUT2D eigenvalue weighted by atomic mass is 79.9. The van der Waals surface area contributed by atoms with Crippen molar-refractivity contribution in [3.63, 3.8) is 0 Å². The van der Waals surface area contributed by atoms with Gasteiger partial charge in [0.2, 0.25) is 0 Å². The summed E-state index contributed by atoms with van der Waals surface area (Å²) in [6.07, 6.45) is 1.09. The molecule has 1 aromatic carbocycles. The van der Waals surface area contributed by atoms with Crippen molar-refractivity contribution < 1.29 is 4.79 Å². The highest BCUT2D eigenvalue weighted by Crippen LogP contribution is 2.30. The Labute approximate surface area is 126 Å². The van der Waals surface area contributed by atoms with E-state index in [9.17, 15) is 4.79 Å². The summed E-state index contributed by atoms with van der Waals surface area (Å²) in [7, 11) is 0. The molecule has 2 saturated heterocycles. The average molecular weight is 344 g/mol. The molecule has 2 aliphatic heterocycles. The Kier molecular flexibility index (Phi) is 3.83. The van der Waals surface area contributed by atoms with E-state index < -0.39 is 0 Å². The van der Waals surface area contributed by atoms with Crippen LogP contribution in [0.15, 0.2) is 22.7 Å². The zero-order chi connectivity index (χ0) is 13.4. The third-order valence-corrected chi connectivity index (χ3v) is 5.47. The first-order valence-corrected chi connectivity index (χ1v) is 7.78. The lowest BCUT2D eigenvalue weighted by Crippen LogP contribution is -2.43. The maximum absolute atomic E-state index is 12.6. The minimum absolute atomic E-state index is 0.0525. The first-order valence-electron chi connectivity index (χ1n) is 6.61. The molecule has 102 valence electrons. The van der Waals surface area contributed by atoms with Gasteiger partial charge < -0.3 is 10.2 Å². The number of carbonyl (C=O) groups excluding carboxylic acids is 1. The van der Waals surface area contributed by atoms with E-state index in [1.165, 1.54) is 0 Å². The van der Waals surface area contributed by atoms with Gasteiger partial charge in [0.05, 0.1) is 10.6 Å². The molecule has 3 nitrogen and oxygen atoms in total. The molecule has 2 aliphatic rings. The molecule has 0 radical (unpaired) electrons. The lowest BCUT2D eigenvalue weighted by atomic mass is 9.88. The van der Waals surface area contributed by atoms with Gasteiger partial charge in [-0.2, -0.15) is 0 Å². The van der Waals surface area contributed by atoms with E-state index in [0.29, 0.717) is 16.5 Å². The number of likely N-dealkylation sites (tertiary alicyclic amines) is 1. The molecule has 2 atom stereocenters. The normalized spacial score (nSPS) is 26.3. The topological polar surface area (TPSA) is 32.3 Å². The second-order valence-corrected chi connectivity index (χ2v) is 6.55. The predicted octanol–water partition coefficient (Wildman–Crippen LogP) is 2.78. The Bertz CT molecular complexity index is 508. The Morgan fingerprint density at radius 2 is 2.16 bits per heavy atom. The van der Waals surface area contributed by atoms with Crippen LogP contribution in [0.2, 0.25) is 5.02 Å². The Morgan fingerprint density at radius 1 is 1.37 bits per heavy atom. The highest BCUT2D eigenvalue weighted by molar-refractivity contribution is 9.10. The van der Waals surface area contributed by atoms with Crippen molar-refractivity contribution >= 4 is 33.4 Å². The van der Waals surface area contributed by atoms with Crippen molar-refractivity contribution in [2.75, 3.05) is 26.2 Å². The number of rotatable bonds is 1. The average Bonchev–Trinajstić information content (AvgIpc) is 2.88. The van der Waals surface area contributed by atoms with E-state index in [1.807, 2.05) is 17.0 Å². The number of fused-ring (bicyclic) bond motifs is 1. The van der Waals surface area contributed by atoms with Crippen molar-refractivity contribution in [1.82, 2.24) is 10.2 Å². The van der Waals surface area contributed by atoms with Crippen LogP contribution in [-0.4, -0.2) is 37.0 Å². The van der Waals surface area contributed by atoms with Crippen LogP contribution in [0.25, 0.3) is 0 Å². The standard InChI is InChI=1S/C14H16BrClN2O/c15-12-3-1-2-11(13(12)16)14(19)18-5-4-9-6-17-7-10(9)8-18/h1-3,9-10,17H,4-8H2. The summed E-state index contributed by atoms with van der Waals surface area (Å²) < 4.78 is 0.775. The predicted molar refractivity (Wildman–Crippen MR) is 79.5 cm³/mol. The number of halogens is 2. The molecule has 0 aliphatic carbocycles. The second-order valence-electron chi connectivity index (χ2n) is 5.32. The number of carbonyl (C=O) groups is 1. The molecular weight excluding hydrogens is 328 g/mol. The molecule has 5 heteroatoms. The highest BCUT2D eigenvalue weighted by Gasteiger charge is 2.35. The maximum atomic E-state index is 12.6. The van der Waals surface area contributed by atoms with E-state index in [2.05, 4.69) is 21.2 Å². The lowest BCUT2D eigenvalue weighted by molar-refractivity contribution is 0.0642. The third-order valence-electron chi connectivity index (χ3n) is 4.17. The van der Waals surface area contributed by atoms with Crippen molar-refractivity contribution in [3.05, 3.63) is 33.3 Å². The van der Waals surface area contributed by atoms with E-state index >= 15 is 0 Å². The Hall–Kier alpha value is -0.580. The van der Waals surface area contributed by atoms with E-state index in [1.54, 1.807) is 6.07 Å². The van der Waals surface area contributed by atoms with E-state index in [4.69, 9.17) is 11.6 Å². The van der Waals surface area contributed by atoms with Gasteiger partial charge >= 0.3 is 0 Å². The van der Waals surface area contributed by atoms with Gasteiger partial charge in [-0.05, 0) is 59.4 Å². The summed E-state index contributed by atoms with van der Waals surface area (Å²) in [5, 5.41) is 3.93. The summed E-state index contributed by atoms with van der Waals surface area (Å²) >= 11 is 9.58. The van der Waals surface area contributed by atoms with Gasteiger partial charge in [-0.25, -0.2) is 0 Å². The van der Waals surface area contributed by atoms with Crippen LogP contribution >= 0.6 is 27.5 Å². The minimum atomic E-state index is 0.0525. The van der Waals surface area contributed by atoms with Crippen molar-refractivity contribution in [3.8, 4) is 0 Å². The summed E-state index contributed by atoms with van der Waals surface area (Å²) in [5.74, 6) is 1.39. The fourth-order valence-corrected chi connectivity index (χ4v) is 3.63. The molecule has 1 N–H and O–H groups in total. The monoisotopic (exact) mass is 342 g/mol. The van der Waals surface area contributed by atoms with Gasteiger partial charge in [0.25, 0.3) is 5.91 Å². The van der Waals surface area contributed by atoms with E-state index in [0.717, 1.165) is 43.0 Å². The SMILES string of the molecule is O=C(c1cccc(Br)c1Cl)N1CCC2CNCC2C1. The van der Waals surface area contributed by atoms with Gasteiger partial charge in [0.15, 0.2) is 0 Å². The zero-order valence-corrected chi connectivity index (χ0v) is 12.9. The largest absolute Gasteiger partial charge is 0.338 e. The molecule has 0 aromatic heterocycles. The first-order chi connectivity index (χ1) is 9.16. The maximum Gasteiger partial charge on any atom is 0.255 e. The molecule has 0 saturated carbocycles. The van der Waals surface area contributed by atoms with Gasteiger partial charge in [0.1, 0.15) is 0 Å². The van der Waals surface area contributed by atoms with Crippen LogP contribution in [0.4, 0.5) is 0 Å². The van der Waals surface area contributed by atoms with Gasteiger partial charge in [0, 0.05) is 17.6 Å². The molecule has 1 aromatic rings. The van der Waals surface area contributed by atoms with Gasteiger partial charge in [-0.1, -0.05) is 17.7 Å². The fraction of sp³-hybridized carbons (Fsp3) is 0.500. The van der Waals surface area contributed by atoms with Gasteiger partial charge in [-0.3, -0.25) is 4.79 Å². The number of nitrogens with one attached hydrogen (secondary N) is 1. The minimum Gasteiger partial charge on any atom is -0.338 e. The van der Waals surface area contributed by atoms with Crippen molar-refractivity contribution in [1.29, 1.82) is 0 Å². The molecule has 0 bridgehead atoms. The van der Waals surface area contributed by atoms with Crippen LogP contribution < -0.4 is 5.32 Å². The molecule has 3 rings (SSSR count). The molecule has 19 heavy (non-hydrogen) atoms. The number of amides is 1. The molecule has 2 fully saturated rings. The van der Waals surface area contributed by atoms with Crippen LogP contribution in [-0.2, 0) is 0 Å². The first kappa shape index (κ1) is 13.4. The van der Waals surface area contributed by atoms with Crippen LogP contribution in [0.3, 0.4) is 0 Å². The number of hydrogen-bond acceptors (Lipinski definition) is 2. The smallest absolute Gasteiger partial charge is 0.255 e. The van der Waals surface area contributed by atoms with Gasteiger partial charge in [-0.15, -0.1) is 0 Å². The van der Waals surface area contributed by atoms with Crippen LogP contribution in [0, 0.1) is 11.8 Å². The molecular formula is C14H16BrClN2O. The quantitative estimate of drug-likeness (QED) is 0.850. The summed E-state index contributed by atoms with van der Waals surface area (Å²) in [4.78, 5) is 14.5. The number of nitrogens with zero attached hydrogens (tertiary/aromatic N) is 1. The second kappa shape index (κ2) is 5.43. The molecule has 2 unspecified atom stereocenters. The molecule has 2 heterocycles. The summed E-state index contributed by atoms with van der Waals surface area (Å²) in [5.41, 5.74) is 0.598. The Morgan fingerprint density at radius 3 is 3.00 bits per heavy atom. The Balaban J connectivity index is 1.79. The molecule has 1 amide bonds. The van der Waals surface area contributed by atoms with Crippen molar-refractivity contribution in [2.24, 2.45) is 11.8 Å². The zero-order valence-electron chi connectivity index (χ0n) is 10.5. The lowest BCUT2D eigenvalue weighted by Gasteiger charge is -2.34. The molecule has 0 spiro atoms. The van der Waals surface area contributed by atoms with Crippen molar-refractivity contribution in [2.45, 2.75) is 6.42 Å².